The molecule has 0 amide bonds. The molecule has 2 aromatic rings. The highest BCUT2D eigenvalue weighted by Crippen LogP contribution is 2.25. The van der Waals surface area contributed by atoms with Gasteiger partial charge in [0.2, 0.25) is 0 Å². The van der Waals surface area contributed by atoms with Crippen LogP contribution < -0.4 is 9.47 Å². The largest absolute Gasteiger partial charge is 0.492 e. The molecule has 8 heteroatoms. The molecule has 0 saturated heterocycles. The number of thiophene rings is 2. The van der Waals surface area contributed by atoms with Gasteiger partial charge in [-0.2, -0.15) is 0 Å². The topological polar surface area (TPSA) is 93.1 Å². The van der Waals surface area contributed by atoms with Crippen LogP contribution in [0.4, 0.5) is 0 Å². The van der Waals surface area contributed by atoms with Gasteiger partial charge in [0.25, 0.3) is 0 Å². The normalized spacial score (nSPS) is 10.7. The second-order valence-electron chi connectivity index (χ2n) is 6.36. The van der Waals surface area contributed by atoms with E-state index >= 15 is 0 Å². The number of hydrogen-bond acceptors (Lipinski definition) is 6. The van der Waals surface area contributed by atoms with E-state index in [4.69, 9.17) is 19.7 Å². The van der Waals surface area contributed by atoms with E-state index in [2.05, 4.69) is 0 Å². The molecule has 2 heterocycles. The fourth-order valence-electron chi connectivity index (χ4n) is 2.76. The van der Waals surface area contributed by atoms with Gasteiger partial charge in [0.15, 0.2) is 9.75 Å². The molecule has 2 N–H and O–H groups in total. The molecule has 0 radical (unpaired) electrons. The minimum atomic E-state index is -0.937. The maximum Gasteiger partial charge on any atom is 0.349 e. The summed E-state index contributed by atoms with van der Waals surface area (Å²) < 4.78 is 11.1. The SMILES string of the molecule is O=C(O)c1sccc1OCCCCCCCCCCOc1ccsc1C(=O)O. The van der Waals surface area contributed by atoms with Crippen molar-refractivity contribution in [3.05, 3.63) is 32.6 Å². The molecule has 0 spiro atoms. The second kappa shape index (κ2) is 12.4. The van der Waals surface area contributed by atoms with Crippen LogP contribution in [-0.2, 0) is 0 Å². The lowest BCUT2D eigenvalue weighted by molar-refractivity contribution is 0.0686. The van der Waals surface area contributed by atoms with Crippen LogP contribution in [0.15, 0.2) is 22.9 Å². The molecule has 0 atom stereocenters. The third-order valence-corrected chi connectivity index (χ3v) is 5.97. The van der Waals surface area contributed by atoms with Gasteiger partial charge in [0.05, 0.1) is 13.2 Å². The smallest absolute Gasteiger partial charge is 0.349 e. The zero-order chi connectivity index (χ0) is 20.2. The quantitative estimate of drug-likeness (QED) is 0.350. The Morgan fingerprint density at radius 3 is 1.39 bits per heavy atom. The summed E-state index contributed by atoms with van der Waals surface area (Å²) in [7, 11) is 0. The van der Waals surface area contributed by atoms with Crippen molar-refractivity contribution in [2.75, 3.05) is 13.2 Å². The van der Waals surface area contributed by atoms with Gasteiger partial charge in [-0.3, -0.25) is 0 Å². The van der Waals surface area contributed by atoms with Gasteiger partial charge in [-0.25, -0.2) is 9.59 Å². The Balaban J connectivity index is 1.41. The van der Waals surface area contributed by atoms with Crippen LogP contribution >= 0.6 is 22.7 Å². The third-order valence-electron chi connectivity index (χ3n) is 4.20. The van der Waals surface area contributed by atoms with Crippen LogP contribution in [0, 0.1) is 0 Å². The summed E-state index contributed by atoms with van der Waals surface area (Å²) in [5.74, 6) is -0.934. The fraction of sp³-hybridized carbons (Fsp3) is 0.500. The predicted octanol–water partition coefficient (Wildman–Crippen LogP) is 5.78. The Morgan fingerprint density at radius 2 is 1.04 bits per heavy atom. The Labute approximate surface area is 172 Å². The Kier molecular flexibility index (Phi) is 9.85. The van der Waals surface area contributed by atoms with Crippen molar-refractivity contribution in [3.63, 3.8) is 0 Å². The zero-order valence-corrected chi connectivity index (χ0v) is 17.4. The number of hydrogen-bond donors (Lipinski definition) is 2. The summed E-state index contributed by atoms with van der Waals surface area (Å²) >= 11 is 2.37. The van der Waals surface area contributed by atoms with E-state index in [1.165, 1.54) is 35.5 Å². The number of carboxylic acids is 2. The number of ether oxygens (including phenoxy) is 2. The second-order valence-corrected chi connectivity index (χ2v) is 8.20. The Morgan fingerprint density at radius 1 is 0.679 bits per heavy atom. The molecule has 6 nitrogen and oxygen atoms in total. The van der Waals surface area contributed by atoms with Crippen LogP contribution in [-0.4, -0.2) is 35.4 Å². The predicted molar refractivity (Wildman–Crippen MR) is 110 cm³/mol. The van der Waals surface area contributed by atoms with Crippen molar-refractivity contribution >= 4 is 34.6 Å². The first-order valence-corrected chi connectivity index (χ1v) is 11.2. The van der Waals surface area contributed by atoms with Gasteiger partial charge in [-0.1, -0.05) is 38.5 Å². The molecule has 154 valence electrons. The molecule has 0 aromatic carbocycles. The fourth-order valence-corrected chi connectivity index (χ4v) is 4.11. The average molecular weight is 427 g/mol. The summed E-state index contributed by atoms with van der Waals surface area (Å²) in [4.78, 5) is 22.5. The van der Waals surface area contributed by atoms with Crippen molar-refractivity contribution in [2.45, 2.75) is 51.4 Å². The number of carbonyl (C=O) groups is 2. The molecule has 0 bridgehead atoms. The van der Waals surface area contributed by atoms with Crippen molar-refractivity contribution in [1.82, 2.24) is 0 Å². The van der Waals surface area contributed by atoms with Gasteiger partial charge in [0.1, 0.15) is 11.5 Å². The lowest BCUT2D eigenvalue weighted by atomic mass is 10.1. The highest BCUT2D eigenvalue weighted by atomic mass is 32.1. The standard InChI is InChI=1S/C20H26O6S2/c21-19(22)17-15(9-13-27-17)25-11-7-5-3-1-2-4-6-8-12-26-16-10-14-28-18(16)20(23)24/h9-10,13-14H,1-8,11-12H2,(H,21,22)(H,23,24). The lowest BCUT2D eigenvalue weighted by Crippen LogP contribution is -2.01. The van der Waals surface area contributed by atoms with Gasteiger partial charge < -0.3 is 19.7 Å². The number of rotatable bonds is 15. The van der Waals surface area contributed by atoms with E-state index in [-0.39, 0.29) is 9.75 Å². The van der Waals surface area contributed by atoms with E-state index in [0.29, 0.717) is 24.7 Å². The van der Waals surface area contributed by atoms with E-state index < -0.39 is 11.9 Å². The molecule has 0 aliphatic carbocycles. The van der Waals surface area contributed by atoms with Crippen molar-refractivity contribution < 1.29 is 29.3 Å². The van der Waals surface area contributed by atoms with Crippen molar-refractivity contribution in [1.29, 1.82) is 0 Å². The molecular weight excluding hydrogens is 400 g/mol. The van der Waals surface area contributed by atoms with Crippen LogP contribution in [0.1, 0.15) is 70.7 Å². The first-order chi connectivity index (χ1) is 13.6. The van der Waals surface area contributed by atoms with Gasteiger partial charge in [-0.05, 0) is 35.7 Å². The first kappa shape index (κ1) is 22.2. The molecule has 28 heavy (non-hydrogen) atoms. The molecule has 2 aromatic heterocycles. The highest BCUT2D eigenvalue weighted by Gasteiger charge is 2.13. The van der Waals surface area contributed by atoms with E-state index in [1.807, 2.05) is 0 Å². The zero-order valence-electron chi connectivity index (χ0n) is 15.7. The maximum absolute atomic E-state index is 11.0. The van der Waals surface area contributed by atoms with Crippen LogP contribution in [0.3, 0.4) is 0 Å². The summed E-state index contributed by atoms with van der Waals surface area (Å²) in [6.07, 6.45) is 8.64. The molecule has 0 aliphatic heterocycles. The highest BCUT2D eigenvalue weighted by molar-refractivity contribution is 7.12. The maximum atomic E-state index is 11.0. The summed E-state index contributed by atoms with van der Waals surface area (Å²) in [5.41, 5.74) is 0. The number of aromatic carboxylic acids is 2. The van der Waals surface area contributed by atoms with Crippen LogP contribution in [0.25, 0.3) is 0 Å². The molecule has 0 saturated carbocycles. The Hall–Kier alpha value is -2.06. The summed E-state index contributed by atoms with van der Waals surface area (Å²) in [6.45, 7) is 1.10. The third kappa shape index (κ3) is 7.52. The first-order valence-electron chi connectivity index (χ1n) is 9.46. The summed E-state index contributed by atoms with van der Waals surface area (Å²) in [5, 5.41) is 21.5. The molecule has 0 aliphatic rings. The lowest BCUT2D eigenvalue weighted by Gasteiger charge is -2.06. The van der Waals surface area contributed by atoms with Crippen LogP contribution in [0.5, 0.6) is 11.5 Å². The molecule has 0 unspecified atom stereocenters. The van der Waals surface area contributed by atoms with E-state index in [0.717, 1.165) is 38.5 Å². The van der Waals surface area contributed by atoms with Gasteiger partial charge in [0, 0.05) is 0 Å². The van der Waals surface area contributed by atoms with Crippen LogP contribution in [0.2, 0.25) is 0 Å². The number of carboxylic acid groups (broad SMARTS) is 2. The van der Waals surface area contributed by atoms with Gasteiger partial charge >= 0.3 is 11.9 Å². The number of unbranched alkanes of at least 4 members (excludes halogenated alkanes) is 7. The summed E-state index contributed by atoms with van der Waals surface area (Å²) in [6, 6.07) is 3.41. The molecule has 2 rings (SSSR count). The molecule has 0 fully saturated rings. The Bertz CT molecular complexity index is 674. The van der Waals surface area contributed by atoms with E-state index in [9.17, 15) is 9.59 Å². The van der Waals surface area contributed by atoms with E-state index in [1.54, 1.807) is 22.9 Å². The average Bonchev–Trinajstić information content (AvgIpc) is 3.31. The molecular formula is C20H26O6S2. The monoisotopic (exact) mass is 426 g/mol. The van der Waals surface area contributed by atoms with Crippen molar-refractivity contribution in [2.24, 2.45) is 0 Å². The minimum absolute atomic E-state index is 0.266. The minimum Gasteiger partial charge on any atom is -0.492 e. The van der Waals surface area contributed by atoms with Gasteiger partial charge in [-0.15, -0.1) is 22.7 Å². The van der Waals surface area contributed by atoms with Crippen molar-refractivity contribution in [3.8, 4) is 11.5 Å².